The van der Waals surface area contributed by atoms with Crippen molar-refractivity contribution in [3.05, 3.63) is 38.5 Å². The molecular weight excluding hydrogens is 340 g/mol. The lowest BCUT2D eigenvalue weighted by atomic mass is 10.0. The Balaban J connectivity index is 1.48. The molecule has 0 saturated heterocycles. The maximum atomic E-state index is 12.1. The number of carbonyl (C=O) groups is 1. The number of nitrogens with zero attached hydrogens (tertiary/aromatic N) is 1. The van der Waals surface area contributed by atoms with E-state index in [9.17, 15) is 4.79 Å². The highest BCUT2D eigenvalue weighted by atomic mass is 79.9. The minimum absolute atomic E-state index is 0.0503. The number of thiophene rings is 1. The molecule has 3 N–H and O–H groups in total. The molecule has 0 spiro atoms. The van der Waals surface area contributed by atoms with Gasteiger partial charge >= 0.3 is 0 Å². The number of aromatic amines is 1. The first-order chi connectivity index (χ1) is 9.72. The van der Waals surface area contributed by atoms with Crippen molar-refractivity contribution in [2.45, 2.75) is 25.4 Å². The summed E-state index contributed by atoms with van der Waals surface area (Å²) in [6.45, 7) is 1.34. The Morgan fingerprint density at radius 3 is 3.25 bits per heavy atom. The highest BCUT2D eigenvalue weighted by Gasteiger charge is 2.25. The van der Waals surface area contributed by atoms with E-state index >= 15 is 0 Å². The smallest absolute Gasteiger partial charge is 0.237 e. The van der Waals surface area contributed by atoms with Crippen LogP contribution in [0.1, 0.15) is 16.3 Å². The standard InChI is InChI=1S/C13H15BrN4OS/c14-12-2-1-8(20-12)3-4-15-13(19)10-5-9-11(6-16-10)18-7-17-9/h1-2,7,10,16H,3-6H2,(H,15,19)(H,17,18). The number of halogens is 1. The van der Waals surface area contributed by atoms with Crippen molar-refractivity contribution in [2.24, 2.45) is 0 Å². The van der Waals surface area contributed by atoms with Crippen LogP contribution in [0, 0.1) is 0 Å². The van der Waals surface area contributed by atoms with Gasteiger partial charge in [0.15, 0.2) is 0 Å². The number of amides is 1. The lowest BCUT2D eigenvalue weighted by Crippen LogP contribution is -2.48. The molecule has 1 amide bonds. The summed E-state index contributed by atoms with van der Waals surface area (Å²) in [5.74, 6) is 0.0503. The molecule has 1 aliphatic rings. The Kier molecular flexibility index (Phi) is 4.18. The monoisotopic (exact) mass is 354 g/mol. The minimum atomic E-state index is -0.180. The quantitative estimate of drug-likeness (QED) is 0.781. The Morgan fingerprint density at radius 2 is 2.45 bits per heavy atom. The molecule has 106 valence electrons. The normalized spacial score (nSPS) is 17.8. The highest BCUT2D eigenvalue weighted by molar-refractivity contribution is 9.11. The molecule has 2 aromatic rings. The second kappa shape index (κ2) is 6.07. The number of nitrogens with one attached hydrogen (secondary N) is 3. The minimum Gasteiger partial charge on any atom is -0.354 e. The van der Waals surface area contributed by atoms with Gasteiger partial charge in [0.25, 0.3) is 0 Å². The zero-order valence-electron chi connectivity index (χ0n) is 10.8. The van der Waals surface area contributed by atoms with E-state index in [0.717, 1.165) is 21.6 Å². The Morgan fingerprint density at radius 1 is 1.55 bits per heavy atom. The van der Waals surface area contributed by atoms with Crippen LogP contribution >= 0.6 is 27.3 Å². The van der Waals surface area contributed by atoms with Gasteiger partial charge < -0.3 is 10.3 Å². The van der Waals surface area contributed by atoms with Crippen LogP contribution in [0.5, 0.6) is 0 Å². The molecule has 20 heavy (non-hydrogen) atoms. The average Bonchev–Trinajstić information content (AvgIpc) is 3.06. The van der Waals surface area contributed by atoms with Gasteiger partial charge in [-0.2, -0.15) is 0 Å². The zero-order valence-corrected chi connectivity index (χ0v) is 13.2. The first kappa shape index (κ1) is 13.8. The third kappa shape index (κ3) is 3.11. The summed E-state index contributed by atoms with van der Waals surface area (Å²) in [5.41, 5.74) is 2.07. The molecule has 7 heteroatoms. The summed E-state index contributed by atoms with van der Waals surface area (Å²) in [6, 6.07) is 3.93. The van der Waals surface area contributed by atoms with Gasteiger partial charge in [0, 0.05) is 24.4 Å². The summed E-state index contributed by atoms with van der Waals surface area (Å²) < 4.78 is 1.12. The van der Waals surface area contributed by atoms with E-state index in [0.29, 0.717) is 19.5 Å². The van der Waals surface area contributed by atoms with Crippen LogP contribution in [0.25, 0.3) is 0 Å². The largest absolute Gasteiger partial charge is 0.354 e. The van der Waals surface area contributed by atoms with Gasteiger partial charge in [0.2, 0.25) is 5.91 Å². The van der Waals surface area contributed by atoms with E-state index in [4.69, 9.17) is 0 Å². The Hall–Kier alpha value is -1.18. The van der Waals surface area contributed by atoms with Crippen molar-refractivity contribution < 1.29 is 4.79 Å². The van der Waals surface area contributed by atoms with Crippen LogP contribution < -0.4 is 10.6 Å². The van der Waals surface area contributed by atoms with Crippen LogP contribution in [0.3, 0.4) is 0 Å². The molecule has 0 aliphatic carbocycles. The number of rotatable bonds is 4. The van der Waals surface area contributed by atoms with Crippen LogP contribution in [0.2, 0.25) is 0 Å². The predicted octanol–water partition coefficient (Wildman–Crippen LogP) is 1.61. The van der Waals surface area contributed by atoms with Crippen molar-refractivity contribution in [1.29, 1.82) is 0 Å². The van der Waals surface area contributed by atoms with Gasteiger partial charge in [-0.15, -0.1) is 11.3 Å². The molecule has 0 saturated carbocycles. The lowest BCUT2D eigenvalue weighted by Gasteiger charge is -2.22. The van der Waals surface area contributed by atoms with Crippen molar-refractivity contribution in [3.63, 3.8) is 0 Å². The zero-order chi connectivity index (χ0) is 13.9. The fraction of sp³-hybridized carbons (Fsp3) is 0.385. The van der Waals surface area contributed by atoms with E-state index in [2.05, 4.69) is 42.6 Å². The molecule has 1 aliphatic heterocycles. The van der Waals surface area contributed by atoms with Crippen molar-refractivity contribution in [1.82, 2.24) is 20.6 Å². The van der Waals surface area contributed by atoms with Crippen molar-refractivity contribution >= 4 is 33.2 Å². The van der Waals surface area contributed by atoms with Crippen LogP contribution in [0.4, 0.5) is 0 Å². The molecular formula is C13H15BrN4OS. The predicted molar refractivity (Wildman–Crippen MR) is 81.7 cm³/mol. The second-order valence-electron chi connectivity index (χ2n) is 4.71. The summed E-state index contributed by atoms with van der Waals surface area (Å²) in [7, 11) is 0. The number of imidazole rings is 1. The molecule has 3 heterocycles. The summed E-state index contributed by atoms with van der Waals surface area (Å²) in [4.78, 5) is 20.7. The number of H-pyrrole nitrogens is 1. The van der Waals surface area contributed by atoms with E-state index in [-0.39, 0.29) is 11.9 Å². The van der Waals surface area contributed by atoms with Gasteiger partial charge in [-0.25, -0.2) is 4.98 Å². The summed E-state index contributed by atoms with van der Waals surface area (Å²) in [6.07, 6.45) is 3.19. The lowest BCUT2D eigenvalue weighted by molar-refractivity contribution is -0.123. The summed E-state index contributed by atoms with van der Waals surface area (Å²) in [5, 5.41) is 6.21. The van der Waals surface area contributed by atoms with Crippen LogP contribution in [-0.4, -0.2) is 28.5 Å². The van der Waals surface area contributed by atoms with Crippen molar-refractivity contribution in [3.8, 4) is 0 Å². The van der Waals surface area contributed by atoms with E-state index in [1.54, 1.807) is 17.7 Å². The van der Waals surface area contributed by atoms with Crippen LogP contribution in [0.15, 0.2) is 22.2 Å². The molecule has 2 aromatic heterocycles. The van der Waals surface area contributed by atoms with E-state index < -0.39 is 0 Å². The third-order valence-corrected chi connectivity index (χ3v) is 5.03. The number of aromatic nitrogens is 2. The maximum Gasteiger partial charge on any atom is 0.237 e. The van der Waals surface area contributed by atoms with Gasteiger partial charge in [-0.3, -0.25) is 10.1 Å². The molecule has 1 unspecified atom stereocenters. The van der Waals surface area contributed by atoms with Crippen molar-refractivity contribution in [2.75, 3.05) is 6.54 Å². The molecule has 0 fully saturated rings. The van der Waals surface area contributed by atoms with Gasteiger partial charge in [0.05, 0.1) is 27.5 Å². The molecule has 5 nitrogen and oxygen atoms in total. The van der Waals surface area contributed by atoms with Gasteiger partial charge in [-0.05, 0) is 34.5 Å². The summed E-state index contributed by atoms with van der Waals surface area (Å²) >= 11 is 5.14. The van der Waals surface area contributed by atoms with Gasteiger partial charge in [-0.1, -0.05) is 0 Å². The molecule has 0 bridgehead atoms. The fourth-order valence-electron chi connectivity index (χ4n) is 2.27. The maximum absolute atomic E-state index is 12.1. The first-order valence-electron chi connectivity index (χ1n) is 6.49. The third-order valence-electron chi connectivity index (χ3n) is 3.35. The van der Waals surface area contributed by atoms with E-state index in [1.807, 2.05) is 6.07 Å². The topological polar surface area (TPSA) is 69.8 Å². The highest BCUT2D eigenvalue weighted by Crippen LogP contribution is 2.22. The SMILES string of the molecule is O=C(NCCc1ccc(Br)s1)C1Cc2nc[nH]c2CN1. The Bertz CT molecular complexity index is 609. The number of hydrogen-bond acceptors (Lipinski definition) is 4. The Labute approximate surface area is 129 Å². The average molecular weight is 355 g/mol. The fourth-order valence-corrected chi connectivity index (χ4v) is 3.76. The first-order valence-corrected chi connectivity index (χ1v) is 8.10. The van der Waals surface area contributed by atoms with Gasteiger partial charge in [0.1, 0.15) is 0 Å². The molecule has 1 atom stereocenters. The second-order valence-corrected chi connectivity index (χ2v) is 7.26. The number of carbonyl (C=O) groups excluding carboxylic acids is 1. The molecule has 0 radical (unpaired) electrons. The molecule has 3 rings (SSSR count). The molecule has 0 aromatic carbocycles. The van der Waals surface area contributed by atoms with E-state index in [1.165, 1.54) is 4.88 Å². The number of hydrogen-bond donors (Lipinski definition) is 3. The van der Waals surface area contributed by atoms with Crippen LogP contribution in [-0.2, 0) is 24.2 Å². The number of fused-ring (bicyclic) bond motifs is 1.